The van der Waals surface area contributed by atoms with Gasteiger partial charge >= 0.3 is 6.18 Å². The van der Waals surface area contributed by atoms with E-state index in [1.54, 1.807) is 18.2 Å². The maximum atomic E-state index is 12.7. The van der Waals surface area contributed by atoms with Gasteiger partial charge < -0.3 is 9.64 Å². The summed E-state index contributed by atoms with van der Waals surface area (Å²) in [7, 11) is 1.43. The highest BCUT2D eigenvalue weighted by atomic mass is 19.4. The molecule has 2 atom stereocenters. The number of piperidine rings is 1. The van der Waals surface area contributed by atoms with E-state index in [9.17, 15) is 13.2 Å². The molecule has 0 aromatic heterocycles. The lowest BCUT2D eigenvalue weighted by atomic mass is 9.90. The monoisotopic (exact) mass is 403 g/mol. The van der Waals surface area contributed by atoms with E-state index in [1.807, 2.05) is 0 Å². The Labute approximate surface area is 170 Å². The molecule has 0 N–H and O–H groups in total. The van der Waals surface area contributed by atoms with Crippen LogP contribution >= 0.6 is 0 Å². The first-order valence-electron chi connectivity index (χ1n) is 10.5. The number of methoxy groups -OCH3 is 1. The maximum Gasteiger partial charge on any atom is 0.393 e. The molecule has 0 amide bonds. The Morgan fingerprint density at radius 2 is 1.76 bits per heavy atom. The van der Waals surface area contributed by atoms with Crippen LogP contribution in [0.4, 0.5) is 18.9 Å². The summed E-state index contributed by atoms with van der Waals surface area (Å²) >= 11 is 0. The second-order valence-electron chi connectivity index (χ2n) is 8.47. The minimum atomic E-state index is -4.23. The van der Waals surface area contributed by atoms with Gasteiger partial charge in [0.2, 0.25) is 0 Å². The minimum Gasteiger partial charge on any atom is -0.496 e. The van der Waals surface area contributed by atoms with Crippen LogP contribution in [-0.4, -0.2) is 26.4 Å². The molecule has 2 unspecified atom stereocenters. The number of ether oxygens (including phenoxy) is 1. The molecule has 29 heavy (non-hydrogen) atoms. The number of hydrogen-bond donors (Lipinski definition) is 0. The average Bonchev–Trinajstić information content (AvgIpc) is 3.47. The van der Waals surface area contributed by atoms with Crippen molar-refractivity contribution in [2.75, 3.05) is 25.1 Å². The number of benzene rings is 2. The standard InChI is InChI=1S/C24H28F3NO/c1-29-23-15-21(8-7-19(23)16-24(25,26)27)28-11-9-17(10-12-28)13-20-14-22(20)18-5-3-2-4-6-18/h2-8,15,17,20,22H,9-14,16H2,1H3. The normalized spacial score (nSPS) is 22.6. The van der Waals surface area contributed by atoms with Gasteiger partial charge in [0.1, 0.15) is 5.75 Å². The van der Waals surface area contributed by atoms with Crippen LogP contribution in [0.3, 0.4) is 0 Å². The van der Waals surface area contributed by atoms with Crippen molar-refractivity contribution in [3.05, 3.63) is 59.7 Å². The predicted molar refractivity (Wildman–Crippen MR) is 110 cm³/mol. The molecule has 0 bridgehead atoms. The predicted octanol–water partition coefficient (Wildman–Crippen LogP) is 6.21. The van der Waals surface area contributed by atoms with Crippen molar-refractivity contribution in [2.24, 2.45) is 11.8 Å². The van der Waals surface area contributed by atoms with Gasteiger partial charge in [-0.15, -0.1) is 0 Å². The van der Waals surface area contributed by atoms with E-state index >= 15 is 0 Å². The van der Waals surface area contributed by atoms with E-state index in [2.05, 4.69) is 35.2 Å². The van der Waals surface area contributed by atoms with Gasteiger partial charge in [-0.3, -0.25) is 0 Å². The fraction of sp³-hybridized carbons (Fsp3) is 0.500. The summed E-state index contributed by atoms with van der Waals surface area (Å²) in [5.41, 5.74) is 2.63. The zero-order valence-corrected chi connectivity index (χ0v) is 16.8. The van der Waals surface area contributed by atoms with Crippen molar-refractivity contribution in [3.8, 4) is 5.75 Å². The van der Waals surface area contributed by atoms with E-state index < -0.39 is 12.6 Å². The SMILES string of the molecule is COc1cc(N2CCC(CC3CC3c3ccccc3)CC2)ccc1CC(F)(F)F. The van der Waals surface area contributed by atoms with Crippen molar-refractivity contribution in [1.82, 2.24) is 0 Å². The minimum absolute atomic E-state index is 0.194. The average molecular weight is 403 g/mol. The molecule has 1 saturated heterocycles. The van der Waals surface area contributed by atoms with Crippen molar-refractivity contribution in [2.45, 2.75) is 44.2 Å². The van der Waals surface area contributed by atoms with Crippen molar-refractivity contribution < 1.29 is 17.9 Å². The third kappa shape index (κ3) is 5.06. The Morgan fingerprint density at radius 1 is 1.03 bits per heavy atom. The summed E-state index contributed by atoms with van der Waals surface area (Å²) in [6.45, 7) is 1.91. The molecule has 1 heterocycles. The number of alkyl halides is 3. The third-order valence-electron chi connectivity index (χ3n) is 6.43. The molecule has 2 aromatic rings. The maximum absolute atomic E-state index is 12.7. The molecule has 1 aliphatic heterocycles. The lowest BCUT2D eigenvalue weighted by Crippen LogP contribution is -2.33. The zero-order chi connectivity index (χ0) is 20.4. The van der Waals surface area contributed by atoms with Crippen LogP contribution in [0.15, 0.2) is 48.5 Å². The lowest BCUT2D eigenvalue weighted by molar-refractivity contribution is -0.127. The van der Waals surface area contributed by atoms with Crippen molar-refractivity contribution in [1.29, 1.82) is 0 Å². The van der Waals surface area contributed by atoms with Gasteiger partial charge in [0.05, 0.1) is 13.5 Å². The molecule has 2 nitrogen and oxygen atoms in total. The first-order chi connectivity index (χ1) is 13.9. The Balaban J connectivity index is 1.31. The molecular formula is C24H28F3NO. The van der Waals surface area contributed by atoms with E-state index in [1.165, 1.54) is 25.5 Å². The lowest BCUT2D eigenvalue weighted by Gasteiger charge is -2.34. The molecule has 0 spiro atoms. The van der Waals surface area contributed by atoms with E-state index in [4.69, 9.17) is 4.74 Å². The summed E-state index contributed by atoms with van der Waals surface area (Å²) in [5.74, 6) is 2.62. The van der Waals surface area contributed by atoms with Gasteiger partial charge in [-0.05, 0) is 55.1 Å². The molecule has 5 heteroatoms. The molecule has 2 aromatic carbocycles. The Morgan fingerprint density at radius 3 is 2.41 bits per heavy atom. The smallest absolute Gasteiger partial charge is 0.393 e. The van der Waals surface area contributed by atoms with E-state index in [0.717, 1.165) is 49.4 Å². The van der Waals surface area contributed by atoms with Gasteiger partial charge in [0.15, 0.2) is 0 Å². The topological polar surface area (TPSA) is 12.5 Å². The van der Waals surface area contributed by atoms with Crippen LogP contribution in [0.5, 0.6) is 5.75 Å². The fourth-order valence-electron chi connectivity index (χ4n) is 4.76. The van der Waals surface area contributed by atoms with Crippen LogP contribution in [-0.2, 0) is 6.42 Å². The van der Waals surface area contributed by atoms with Crippen molar-refractivity contribution in [3.63, 3.8) is 0 Å². The summed E-state index contributed by atoms with van der Waals surface area (Å²) < 4.78 is 43.4. The second kappa shape index (κ2) is 8.29. The molecule has 1 saturated carbocycles. The number of halogens is 3. The Kier molecular flexibility index (Phi) is 5.75. The molecule has 0 radical (unpaired) electrons. The highest BCUT2D eigenvalue weighted by Crippen LogP contribution is 2.51. The third-order valence-corrected chi connectivity index (χ3v) is 6.43. The number of rotatable bonds is 6. The summed E-state index contributed by atoms with van der Waals surface area (Å²) in [5, 5.41) is 0. The molecular weight excluding hydrogens is 375 g/mol. The molecule has 2 fully saturated rings. The van der Waals surface area contributed by atoms with Crippen LogP contribution < -0.4 is 9.64 Å². The van der Waals surface area contributed by atoms with Crippen LogP contribution in [0, 0.1) is 11.8 Å². The zero-order valence-electron chi connectivity index (χ0n) is 16.8. The van der Waals surface area contributed by atoms with E-state index in [0.29, 0.717) is 5.75 Å². The molecule has 2 aliphatic rings. The molecule has 4 rings (SSSR count). The number of anilines is 1. The quantitative estimate of drug-likeness (QED) is 0.568. The fourth-order valence-corrected chi connectivity index (χ4v) is 4.76. The van der Waals surface area contributed by atoms with E-state index in [-0.39, 0.29) is 5.56 Å². The highest BCUT2D eigenvalue weighted by Gasteiger charge is 2.39. The Hall–Kier alpha value is -2.17. The number of hydrogen-bond acceptors (Lipinski definition) is 2. The van der Waals surface area contributed by atoms with Gasteiger partial charge in [-0.2, -0.15) is 13.2 Å². The van der Waals surface area contributed by atoms with Gasteiger partial charge in [-0.25, -0.2) is 0 Å². The molecule has 156 valence electrons. The van der Waals surface area contributed by atoms with Crippen LogP contribution in [0.2, 0.25) is 0 Å². The summed E-state index contributed by atoms with van der Waals surface area (Å²) in [4.78, 5) is 2.28. The summed E-state index contributed by atoms with van der Waals surface area (Å²) in [6, 6.07) is 15.9. The van der Waals surface area contributed by atoms with Crippen LogP contribution in [0.1, 0.15) is 42.7 Å². The second-order valence-corrected chi connectivity index (χ2v) is 8.47. The van der Waals surface area contributed by atoms with Crippen LogP contribution in [0.25, 0.3) is 0 Å². The molecule has 1 aliphatic carbocycles. The van der Waals surface area contributed by atoms with Gasteiger partial charge in [0, 0.05) is 30.4 Å². The van der Waals surface area contributed by atoms with Gasteiger partial charge in [-0.1, -0.05) is 36.4 Å². The largest absolute Gasteiger partial charge is 0.496 e. The van der Waals surface area contributed by atoms with Crippen molar-refractivity contribution >= 4 is 5.69 Å². The number of nitrogens with zero attached hydrogens (tertiary/aromatic N) is 1. The highest BCUT2D eigenvalue weighted by molar-refractivity contribution is 5.54. The first kappa shape index (κ1) is 20.1. The Bertz CT molecular complexity index is 813. The first-order valence-corrected chi connectivity index (χ1v) is 10.5. The van der Waals surface area contributed by atoms with Gasteiger partial charge in [0.25, 0.3) is 0 Å². The summed E-state index contributed by atoms with van der Waals surface area (Å²) in [6.07, 6.45) is -0.297.